The van der Waals surface area contributed by atoms with E-state index in [0.29, 0.717) is 11.1 Å². The Hall–Kier alpha value is -1.33. The molecule has 4 nitrogen and oxygen atoms in total. The quantitative estimate of drug-likeness (QED) is 0.918. The van der Waals surface area contributed by atoms with Gasteiger partial charge >= 0.3 is 0 Å². The highest BCUT2D eigenvalue weighted by Gasteiger charge is 2.08. The molecule has 1 aromatic heterocycles. The molecule has 2 N–H and O–H groups in total. The Balaban J connectivity index is 2.14. The van der Waals surface area contributed by atoms with Crippen molar-refractivity contribution in [1.82, 2.24) is 10.2 Å². The Bertz CT molecular complexity index is 537. The lowest BCUT2D eigenvalue weighted by Gasteiger charge is -2.08. The van der Waals surface area contributed by atoms with Gasteiger partial charge in [-0.25, -0.2) is 0 Å². The van der Waals surface area contributed by atoms with Crippen molar-refractivity contribution in [1.29, 1.82) is 0 Å². The summed E-state index contributed by atoms with van der Waals surface area (Å²) in [5.74, 6) is 0.587. The van der Waals surface area contributed by atoms with Crippen LogP contribution >= 0.6 is 11.8 Å². The van der Waals surface area contributed by atoms with Crippen LogP contribution in [0.15, 0.2) is 32.7 Å². The molecule has 1 atom stereocenters. The first-order chi connectivity index (χ1) is 8.54. The number of hydrogen-bond donors (Lipinski definition) is 1. The Labute approximate surface area is 111 Å². The van der Waals surface area contributed by atoms with Gasteiger partial charge < -0.3 is 10.2 Å². The van der Waals surface area contributed by atoms with E-state index >= 15 is 0 Å². The van der Waals surface area contributed by atoms with E-state index in [9.17, 15) is 0 Å². The van der Waals surface area contributed by atoms with E-state index in [-0.39, 0.29) is 6.04 Å². The van der Waals surface area contributed by atoms with Crippen molar-refractivity contribution < 1.29 is 4.42 Å². The first-order valence-corrected chi connectivity index (χ1v) is 6.69. The number of nitrogens with two attached hydrogens (primary N) is 1. The van der Waals surface area contributed by atoms with Crippen LogP contribution in [0.3, 0.4) is 0 Å². The summed E-state index contributed by atoms with van der Waals surface area (Å²) in [6.45, 7) is 5.88. The Morgan fingerprint density at radius 3 is 2.67 bits per heavy atom. The predicted molar refractivity (Wildman–Crippen MR) is 71.7 cm³/mol. The van der Waals surface area contributed by atoms with Gasteiger partial charge in [0.1, 0.15) is 0 Å². The molecule has 0 spiro atoms. The van der Waals surface area contributed by atoms with E-state index in [1.165, 1.54) is 22.9 Å². The maximum Gasteiger partial charge on any atom is 0.281 e. The Kier molecular flexibility index (Phi) is 4.04. The van der Waals surface area contributed by atoms with Gasteiger partial charge in [0.25, 0.3) is 5.22 Å². The van der Waals surface area contributed by atoms with E-state index in [0.717, 1.165) is 11.3 Å². The van der Waals surface area contributed by atoms with Crippen molar-refractivity contribution in [2.45, 2.75) is 43.4 Å². The summed E-state index contributed by atoms with van der Waals surface area (Å²) in [5, 5.41) is 8.37. The van der Waals surface area contributed by atoms with Crippen LogP contribution in [0.4, 0.5) is 0 Å². The summed E-state index contributed by atoms with van der Waals surface area (Å²) in [6, 6.07) is 6.52. The Morgan fingerprint density at radius 2 is 2.11 bits per heavy atom. The molecular formula is C13H17N3OS. The zero-order chi connectivity index (χ0) is 13.1. The molecule has 0 aliphatic carbocycles. The monoisotopic (exact) mass is 263 g/mol. The summed E-state index contributed by atoms with van der Waals surface area (Å²) in [7, 11) is 0. The number of nitrogens with zero attached hydrogens (tertiary/aromatic N) is 2. The van der Waals surface area contributed by atoms with E-state index < -0.39 is 0 Å². The summed E-state index contributed by atoms with van der Waals surface area (Å²) in [6.07, 6.45) is 0.894. The summed E-state index contributed by atoms with van der Waals surface area (Å²) in [5.41, 5.74) is 8.26. The summed E-state index contributed by atoms with van der Waals surface area (Å²) in [4.78, 5) is 1.13. The van der Waals surface area contributed by atoms with Crippen LogP contribution < -0.4 is 5.73 Å². The second-order valence-electron chi connectivity index (χ2n) is 4.47. The molecule has 1 unspecified atom stereocenters. The molecule has 1 aromatic carbocycles. The van der Waals surface area contributed by atoms with Gasteiger partial charge in [-0.05, 0) is 49.2 Å². The second kappa shape index (κ2) is 5.54. The van der Waals surface area contributed by atoms with Crippen molar-refractivity contribution in [3.63, 3.8) is 0 Å². The van der Waals surface area contributed by atoms with Crippen LogP contribution in [-0.2, 0) is 6.42 Å². The lowest BCUT2D eigenvalue weighted by Crippen LogP contribution is -2.17. The maximum atomic E-state index is 5.80. The standard InChI is InChI=1S/C13H17N3OS/c1-8-6-11(7-9(2)14)4-5-12(8)18-13-16-15-10(3)17-13/h4-6,9H,7,14H2,1-3H3. The third-order valence-corrected chi connectivity index (χ3v) is 3.52. The van der Waals surface area contributed by atoms with Gasteiger partial charge in [0.2, 0.25) is 5.89 Å². The van der Waals surface area contributed by atoms with Crippen LogP contribution in [0.1, 0.15) is 23.9 Å². The molecule has 18 heavy (non-hydrogen) atoms. The molecular weight excluding hydrogens is 246 g/mol. The van der Waals surface area contributed by atoms with Crippen LogP contribution in [-0.4, -0.2) is 16.2 Å². The number of hydrogen-bond acceptors (Lipinski definition) is 5. The van der Waals surface area contributed by atoms with Crippen molar-refractivity contribution in [2.75, 3.05) is 0 Å². The largest absolute Gasteiger partial charge is 0.416 e. The van der Waals surface area contributed by atoms with Gasteiger partial charge in [0.05, 0.1) is 0 Å². The maximum absolute atomic E-state index is 5.80. The fourth-order valence-electron chi connectivity index (χ4n) is 1.74. The molecule has 96 valence electrons. The molecule has 0 aliphatic rings. The predicted octanol–water partition coefficient (Wildman–Crippen LogP) is 2.73. The topological polar surface area (TPSA) is 64.9 Å². The fourth-order valence-corrected chi connectivity index (χ4v) is 2.53. The first-order valence-electron chi connectivity index (χ1n) is 5.87. The SMILES string of the molecule is Cc1nnc(Sc2ccc(CC(C)N)cc2C)o1. The third-order valence-electron chi connectivity index (χ3n) is 2.50. The van der Waals surface area contributed by atoms with E-state index in [4.69, 9.17) is 10.2 Å². The Morgan fingerprint density at radius 1 is 1.33 bits per heavy atom. The first kappa shape index (κ1) is 13.1. The minimum atomic E-state index is 0.182. The van der Waals surface area contributed by atoms with Crippen molar-refractivity contribution >= 4 is 11.8 Å². The zero-order valence-electron chi connectivity index (χ0n) is 10.8. The van der Waals surface area contributed by atoms with Crippen molar-refractivity contribution in [3.05, 3.63) is 35.2 Å². The lowest BCUT2D eigenvalue weighted by molar-refractivity contribution is 0.429. The molecule has 0 saturated carbocycles. The molecule has 0 amide bonds. The molecule has 0 saturated heterocycles. The number of benzene rings is 1. The smallest absolute Gasteiger partial charge is 0.281 e. The van der Waals surface area contributed by atoms with Crippen LogP contribution in [0.2, 0.25) is 0 Å². The van der Waals surface area contributed by atoms with Gasteiger partial charge in [-0.2, -0.15) is 0 Å². The third kappa shape index (κ3) is 3.34. The van der Waals surface area contributed by atoms with Gasteiger partial charge in [-0.1, -0.05) is 12.1 Å². The van der Waals surface area contributed by atoms with Gasteiger partial charge in [0.15, 0.2) is 0 Å². The minimum Gasteiger partial charge on any atom is -0.416 e. The van der Waals surface area contributed by atoms with Gasteiger partial charge in [-0.15, -0.1) is 10.2 Å². The van der Waals surface area contributed by atoms with E-state index in [1.807, 2.05) is 6.92 Å². The highest BCUT2D eigenvalue weighted by Crippen LogP contribution is 2.29. The second-order valence-corrected chi connectivity index (χ2v) is 5.46. The molecule has 1 heterocycles. The average molecular weight is 263 g/mol. The summed E-state index contributed by atoms with van der Waals surface area (Å²) >= 11 is 1.49. The minimum absolute atomic E-state index is 0.182. The highest BCUT2D eigenvalue weighted by molar-refractivity contribution is 7.99. The molecule has 0 bridgehead atoms. The van der Waals surface area contributed by atoms with Crippen LogP contribution in [0.25, 0.3) is 0 Å². The number of rotatable bonds is 4. The molecule has 0 aliphatic heterocycles. The number of aryl methyl sites for hydroxylation is 2. The van der Waals surface area contributed by atoms with Gasteiger partial charge in [0, 0.05) is 17.9 Å². The molecule has 0 fully saturated rings. The van der Waals surface area contributed by atoms with Crippen LogP contribution in [0, 0.1) is 13.8 Å². The molecule has 2 aromatic rings. The van der Waals surface area contributed by atoms with Gasteiger partial charge in [-0.3, -0.25) is 0 Å². The normalized spacial score (nSPS) is 12.7. The zero-order valence-corrected chi connectivity index (χ0v) is 11.6. The number of aromatic nitrogens is 2. The molecule has 2 rings (SSSR count). The molecule has 0 radical (unpaired) electrons. The summed E-state index contributed by atoms with van der Waals surface area (Å²) < 4.78 is 5.36. The van der Waals surface area contributed by atoms with E-state index in [1.54, 1.807) is 6.92 Å². The van der Waals surface area contributed by atoms with Crippen molar-refractivity contribution in [2.24, 2.45) is 5.73 Å². The average Bonchev–Trinajstić information content (AvgIpc) is 2.67. The van der Waals surface area contributed by atoms with E-state index in [2.05, 4.69) is 35.3 Å². The van der Waals surface area contributed by atoms with Crippen LogP contribution in [0.5, 0.6) is 0 Å². The highest BCUT2D eigenvalue weighted by atomic mass is 32.2. The lowest BCUT2D eigenvalue weighted by atomic mass is 10.1. The fraction of sp³-hybridized carbons (Fsp3) is 0.385. The molecule has 5 heteroatoms. The van der Waals surface area contributed by atoms with Crippen molar-refractivity contribution in [3.8, 4) is 0 Å².